The number of para-hydroxylation sites is 2. The van der Waals surface area contributed by atoms with Crippen LogP contribution < -0.4 is 0 Å². The summed E-state index contributed by atoms with van der Waals surface area (Å²) in [5, 5.41) is 1.37. The second-order valence-electron chi connectivity index (χ2n) is 11.3. The Labute approximate surface area is 261 Å². The van der Waals surface area contributed by atoms with Crippen molar-refractivity contribution in [2.75, 3.05) is 0 Å². The number of nitrogens with zero attached hydrogens (tertiary/aromatic N) is 3. The second kappa shape index (κ2) is 9.51. The SMILES string of the molecule is O=C1c2ccccc2C(=O)c2c1nc1ccccc1c2-c1cncc(-c2c3c(nc4ccccc24)C(=O)c2ccccc2C3=O)c1. The van der Waals surface area contributed by atoms with Gasteiger partial charge in [-0.25, -0.2) is 9.97 Å². The normalized spacial score (nSPS) is 13.4. The molecule has 0 radical (unpaired) electrons. The Kier molecular flexibility index (Phi) is 5.37. The van der Waals surface area contributed by atoms with Crippen LogP contribution in [0.1, 0.15) is 63.9 Å². The number of rotatable bonds is 2. The van der Waals surface area contributed by atoms with Crippen LogP contribution in [0, 0.1) is 0 Å². The smallest absolute Gasteiger partial charge is 0.212 e. The molecule has 3 aromatic heterocycles. The molecule has 0 saturated carbocycles. The molecule has 4 aromatic carbocycles. The first-order valence-corrected chi connectivity index (χ1v) is 14.7. The summed E-state index contributed by atoms with van der Waals surface area (Å²) >= 11 is 0. The predicted molar refractivity (Wildman–Crippen MR) is 172 cm³/mol. The van der Waals surface area contributed by atoms with Crippen LogP contribution in [-0.4, -0.2) is 38.1 Å². The van der Waals surface area contributed by atoms with Crippen molar-refractivity contribution in [3.63, 3.8) is 0 Å². The third-order valence-corrected chi connectivity index (χ3v) is 8.82. The number of fused-ring (bicyclic) bond motifs is 6. The van der Waals surface area contributed by atoms with E-state index in [1.54, 1.807) is 60.9 Å². The average Bonchev–Trinajstić information content (AvgIpc) is 3.11. The minimum atomic E-state index is -0.321. The van der Waals surface area contributed by atoms with Gasteiger partial charge in [-0.05, 0) is 18.2 Å². The molecule has 0 aliphatic heterocycles. The quantitative estimate of drug-likeness (QED) is 0.211. The highest BCUT2D eigenvalue weighted by molar-refractivity contribution is 6.32. The van der Waals surface area contributed by atoms with Gasteiger partial charge >= 0.3 is 0 Å². The molecule has 0 unspecified atom stereocenters. The van der Waals surface area contributed by atoms with E-state index in [2.05, 4.69) is 15.0 Å². The molecule has 7 heteroatoms. The molecule has 3 heterocycles. The van der Waals surface area contributed by atoms with E-state index in [0.29, 0.717) is 66.3 Å². The van der Waals surface area contributed by atoms with Crippen molar-refractivity contribution in [3.05, 3.63) is 160 Å². The molecule has 0 saturated heterocycles. The van der Waals surface area contributed by atoms with Crippen molar-refractivity contribution in [2.24, 2.45) is 0 Å². The number of ketones is 4. The van der Waals surface area contributed by atoms with E-state index in [0.717, 1.165) is 0 Å². The highest BCUT2D eigenvalue weighted by Crippen LogP contribution is 2.42. The molecule has 214 valence electrons. The Morgan fingerprint density at radius 3 is 1.20 bits per heavy atom. The fourth-order valence-electron chi connectivity index (χ4n) is 6.79. The zero-order valence-corrected chi connectivity index (χ0v) is 23.9. The molecule has 0 atom stereocenters. The van der Waals surface area contributed by atoms with Gasteiger partial charge < -0.3 is 0 Å². The van der Waals surface area contributed by atoms with E-state index >= 15 is 0 Å². The van der Waals surface area contributed by atoms with E-state index < -0.39 is 0 Å². The van der Waals surface area contributed by atoms with E-state index in [1.807, 2.05) is 54.6 Å². The minimum absolute atomic E-state index is 0.0897. The lowest BCUT2D eigenvalue weighted by Crippen LogP contribution is -2.24. The molecule has 0 spiro atoms. The zero-order chi connectivity index (χ0) is 31.1. The van der Waals surface area contributed by atoms with E-state index in [4.69, 9.17) is 0 Å². The first kappa shape index (κ1) is 26.0. The fourth-order valence-corrected chi connectivity index (χ4v) is 6.79. The van der Waals surface area contributed by atoms with Crippen molar-refractivity contribution >= 4 is 44.9 Å². The minimum Gasteiger partial charge on any atom is -0.288 e. The maximum atomic E-state index is 14.1. The largest absolute Gasteiger partial charge is 0.288 e. The predicted octanol–water partition coefficient (Wildman–Crippen LogP) is 7.06. The molecule has 46 heavy (non-hydrogen) atoms. The Morgan fingerprint density at radius 2 is 0.761 bits per heavy atom. The first-order valence-electron chi connectivity index (χ1n) is 14.7. The lowest BCUT2D eigenvalue weighted by molar-refractivity contribution is 0.0976. The molecule has 0 bridgehead atoms. The maximum Gasteiger partial charge on any atom is 0.212 e. The van der Waals surface area contributed by atoms with Crippen molar-refractivity contribution in [1.82, 2.24) is 15.0 Å². The molecular formula is C39H19N3O4. The highest BCUT2D eigenvalue weighted by Gasteiger charge is 2.36. The third-order valence-electron chi connectivity index (χ3n) is 8.82. The van der Waals surface area contributed by atoms with Gasteiger partial charge in [0.2, 0.25) is 11.6 Å². The van der Waals surface area contributed by atoms with Gasteiger partial charge in [-0.3, -0.25) is 24.2 Å². The molecule has 7 nitrogen and oxygen atoms in total. The lowest BCUT2D eigenvalue weighted by atomic mass is 9.80. The van der Waals surface area contributed by atoms with Gasteiger partial charge in [-0.15, -0.1) is 0 Å². The number of aromatic nitrogens is 3. The van der Waals surface area contributed by atoms with Crippen molar-refractivity contribution in [3.8, 4) is 22.3 Å². The molecule has 2 aliphatic rings. The van der Waals surface area contributed by atoms with Crippen molar-refractivity contribution < 1.29 is 19.2 Å². The molecule has 7 aromatic rings. The molecule has 9 rings (SSSR count). The van der Waals surface area contributed by atoms with Crippen LogP contribution in [0.25, 0.3) is 44.1 Å². The Hall–Kier alpha value is -6.47. The number of carbonyl (C=O) groups excluding carboxylic acids is 4. The Morgan fingerprint density at radius 1 is 0.391 bits per heavy atom. The van der Waals surface area contributed by atoms with Gasteiger partial charge in [-0.2, -0.15) is 0 Å². The van der Waals surface area contributed by atoms with Crippen molar-refractivity contribution in [1.29, 1.82) is 0 Å². The molecular weight excluding hydrogens is 574 g/mol. The molecule has 0 fully saturated rings. The van der Waals surface area contributed by atoms with Crippen LogP contribution in [0.5, 0.6) is 0 Å². The van der Waals surface area contributed by atoms with E-state index in [-0.39, 0.29) is 45.6 Å². The van der Waals surface area contributed by atoms with Crippen LogP contribution >= 0.6 is 0 Å². The molecule has 0 N–H and O–H groups in total. The van der Waals surface area contributed by atoms with Gasteiger partial charge in [0.05, 0.1) is 22.2 Å². The summed E-state index contributed by atoms with van der Waals surface area (Å²) in [5.74, 6) is -1.24. The highest BCUT2D eigenvalue weighted by atomic mass is 16.1. The van der Waals surface area contributed by atoms with Crippen LogP contribution in [-0.2, 0) is 0 Å². The number of benzene rings is 4. The average molecular weight is 594 g/mol. The van der Waals surface area contributed by atoms with E-state index in [1.165, 1.54) is 0 Å². The van der Waals surface area contributed by atoms with Crippen LogP contribution in [0.2, 0.25) is 0 Å². The fraction of sp³-hybridized carbons (Fsp3) is 0. The number of hydrogen-bond acceptors (Lipinski definition) is 7. The summed E-state index contributed by atoms with van der Waals surface area (Å²) in [6.45, 7) is 0. The van der Waals surface area contributed by atoms with Gasteiger partial charge in [0.15, 0.2) is 11.6 Å². The second-order valence-corrected chi connectivity index (χ2v) is 11.3. The van der Waals surface area contributed by atoms with Gasteiger partial charge in [0.1, 0.15) is 11.4 Å². The summed E-state index contributed by atoms with van der Waals surface area (Å²) in [4.78, 5) is 69.6. The Balaban J connectivity index is 1.35. The zero-order valence-electron chi connectivity index (χ0n) is 23.9. The van der Waals surface area contributed by atoms with Crippen molar-refractivity contribution in [2.45, 2.75) is 0 Å². The number of hydrogen-bond donors (Lipinski definition) is 0. The first-order chi connectivity index (χ1) is 22.5. The van der Waals surface area contributed by atoms with Crippen LogP contribution in [0.3, 0.4) is 0 Å². The Bertz CT molecular complexity index is 2390. The summed E-state index contributed by atoms with van der Waals surface area (Å²) in [7, 11) is 0. The van der Waals surface area contributed by atoms with Crippen LogP contribution in [0.15, 0.2) is 116 Å². The standard InChI is InChI=1S/C39H19N3O4/c43-36-22-9-1-3-11-24(22)38(45)34-32(36)30(26-13-5-7-15-28(26)41-34)20-17-21(19-40-18-20)31-27-14-6-8-16-29(27)42-35-33(31)37(44)23-10-2-4-12-25(23)39(35)46/h1-19H. The lowest BCUT2D eigenvalue weighted by Gasteiger charge is -2.23. The number of carbonyl (C=O) groups is 4. The van der Waals surface area contributed by atoms with E-state index in [9.17, 15) is 19.2 Å². The van der Waals surface area contributed by atoms with Gasteiger partial charge in [0.25, 0.3) is 0 Å². The number of pyridine rings is 3. The summed E-state index contributed by atoms with van der Waals surface area (Å²) in [6.07, 6.45) is 3.28. The molecule has 2 aliphatic carbocycles. The summed E-state index contributed by atoms with van der Waals surface area (Å²) < 4.78 is 0. The van der Waals surface area contributed by atoms with Gasteiger partial charge in [0, 0.05) is 67.7 Å². The summed E-state index contributed by atoms with van der Waals surface area (Å²) in [5.41, 5.74) is 5.19. The summed E-state index contributed by atoms with van der Waals surface area (Å²) in [6, 6.07) is 30.1. The van der Waals surface area contributed by atoms with Crippen LogP contribution in [0.4, 0.5) is 0 Å². The molecule has 0 amide bonds. The monoisotopic (exact) mass is 593 g/mol. The maximum absolute atomic E-state index is 14.1. The topological polar surface area (TPSA) is 107 Å². The van der Waals surface area contributed by atoms with Gasteiger partial charge in [-0.1, -0.05) is 84.9 Å². The third kappa shape index (κ3) is 3.51.